The van der Waals surface area contributed by atoms with Crippen molar-refractivity contribution in [2.75, 3.05) is 76.9 Å². The zero-order valence-corrected chi connectivity index (χ0v) is 18.9. The zero-order valence-electron chi connectivity index (χ0n) is 18.9. The van der Waals surface area contributed by atoms with Crippen LogP contribution in [0.15, 0.2) is 46.1 Å². The Kier molecular flexibility index (Phi) is 7.95. The molecule has 2 fully saturated rings. The van der Waals surface area contributed by atoms with E-state index in [-0.39, 0.29) is 5.82 Å². The third-order valence-electron chi connectivity index (χ3n) is 6.13. The molecule has 0 spiro atoms. The first kappa shape index (κ1) is 22.5. The lowest BCUT2D eigenvalue weighted by Crippen LogP contribution is -2.52. The minimum Gasteiger partial charge on any atom is -0.369 e. The number of hydrogen-bond donors (Lipinski definition) is 1. The first-order valence-electron chi connectivity index (χ1n) is 11.6. The Morgan fingerprint density at radius 3 is 2.38 bits per heavy atom. The van der Waals surface area contributed by atoms with Crippen LogP contribution in [0.1, 0.15) is 12.6 Å². The first-order valence-corrected chi connectivity index (χ1v) is 11.6. The lowest BCUT2D eigenvalue weighted by Gasteiger charge is -2.37. The highest BCUT2D eigenvalue weighted by Crippen LogP contribution is 2.16. The van der Waals surface area contributed by atoms with Crippen LogP contribution >= 0.6 is 0 Å². The van der Waals surface area contributed by atoms with Gasteiger partial charge in [0.15, 0.2) is 5.96 Å². The average Bonchev–Trinajstić information content (AvgIpc) is 3.33. The molecule has 2 aliphatic rings. The summed E-state index contributed by atoms with van der Waals surface area (Å²) in [4.78, 5) is 14.4. The molecular weight excluding hydrogens is 409 g/mol. The van der Waals surface area contributed by atoms with Gasteiger partial charge in [-0.05, 0) is 31.2 Å². The fraction of sp³-hybridized carbons (Fsp3) is 0.565. The number of hydrogen-bond acceptors (Lipinski definition) is 6. The summed E-state index contributed by atoms with van der Waals surface area (Å²) in [6.45, 7) is 13.4. The standard InChI is InChI=1S/C23H34FN7O/c1-2-25-23(31-16-12-29(13-17-31)19-21-7-18-32-27-21)26-8-9-28-10-14-30(15-11-28)22-5-3-20(24)4-6-22/h3-7,18H,2,8-17,19H2,1H3,(H,25,26). The maximum Gasteiger partial charge on any atom is 0.194 e. The molecule has 2 aliphatic heterocycles. The predicted octanol–water partition coefficient (Wildman–Crippen LogP) is 1.72. The molecule has 1 aromatic heterocycles. The second-order valence-electron chi connectivity index (χ2n) is 8.29. The summed E-state index contributed by atoms with van der Waals surface area (Å²) < 4.78 is 18.1. The van der Waals surface area contributed by atoms with Crippen molar-refractivity contribution < 1.29 is 8.91 Å². The van der Waals surface area contributed by atoms with Crippen molar-refractivity contribution in [1.29, 1.82) is 0 Å². The molecule has 1 N–H and O–H groups in total. The molecule has 0 bridgehead atoms. The summed E-state index contributed by atoms with van der Waals surface area (Å²) in [6.07, 6.45) is 1.63. The van der Waals surface area contributed by atoms with E-state index in [1.54, 1.807) is 6.26 Å². The lowest BCUT2D eigenvalue weighted by atomic mass is 10.2. The van der Waals surface area contributed by atoms with E-state index in [2.05, 4.69) is 37.0 Å². The van der Waals surface area contributed by atoms with Gasteiger partial charge in [0.25, 0.3) is 0 Å². The number of piperazine rings is 2. The van der Waals surface area contributed by atoms with Crippen LogP contribution in [0.5, 0.6) is 0 Å². The molecule has 1 aromatic carbocycles. The van der Waals surface area contributed by atoms with Gasteiger partial charge in [-0.25, -0.2) is 4.39 Å². The molecule has 2 aromatic rings. The molecule has 0 saturated carbocycles. The summed E-state index contributed by atoms with van der Waals surface area (Å²) in [5, 5.41) is 7.47. The molecule has 0 aliphatic carbocycles. The summed E-state index contributed by atoms with van der Waals surface area (Å²) in [5.41, 5.74) is 2.08. The molecule has 4 rings (SSSR count). The van der Waals surface area contributed by atoms with Crippen LogP contribution in [0.4, 0.5) is 10.1 Å². The second kappa shape index (κ2) is 11.3. The first-order chi connectivity index (χ1) is 15.7. The predicted molar refractivity (Wildman–Crippen MR) is 124 cm³/mol. The average molecular weight is 444 g/mol. The Labute approximate surface area is 189 Å². The van der Waals surface area contributed by atoms with E-state index in [1.807, 2.05) is 18.2 Å². The fourth-order valence-corrected chi connectivity index (χ4v) is 4.27. The fourth-order valence-electron chi connectivity index (χ4n) is 4.27. The Bertz CT molecular complexity index is 827. The minimum atomic E-state index is -0.182. The molecule has 0 atom stereocenters. The van der Waals surface area contributed by atoms with E-state index in [0.717, 1.165) is 95.9 Å². The van der Waals surface area contributed by atoms with E-state index in [1.165, 1.54) is 12.1 Å². The number of nitrogens with zero attached hydrogens (tertiary/aromatic N) is 6. The summed E-state index contributed by atoms with van der Waals surface area (Å²) in [7, 11) is 0. The normalized spacial score (nSPS) is 18.9. The smallest absolute Gasteiger partial charge is 0.194 e. The van der Waals surface area contributed by atoms with E-state index in [9.17, 15) is 4.39 Å². The maximum atomic E-state index is 13.1. The van der Waals surface area contributed by atoms with E-state index in [4.69, 9.17) is 9.52 Å². The van der Waals surface area contributed by atoms with Crippen LogP contribution in [0.25, 0.3) is 0 Å². The summed E-state index contributed by atoms with van der Waals surface area (Å²) in [5.74, 6) is 0.830. The Morgan fingerprint density at radius 1 is 1.00 bits per heavy atom. The Balaban J connectivity index is 1.20. The third kappa shape index (κ3) is 6.20. The highest BCUT2D eigenvalue weighted by atomic mass is 19.1. The SMILES string of the molecule is CCNC(=NCCN1CCN(c2ccc(F)cc2)CC1)N1CCN(Cc2ccon2)CC1. The van der Waals surface area contributed by atoms with Crippen LogP contribution in [-0.2, 0) is 6.54 Å². The third-order valence-corrected chi connectivity index (χ3v) is 6.13. The van der Waals surface area contributed by atoms with Gasteiger partial charge in [0, 0.05) is 83.7 Å². The van der Waals surface area contributed by atoms with Crippen LogP contribution in [0.2, 0.25) is 0 Å². The van der Waals surface area contributed by atoms with Crippen molar-refractivity contribution in [3.8, 4) is 0 Å². The number of benzene rings is 1. The van der Waals surface area contributed by atoms with Crippen molar-refractivity contribution in [1.82, 2.24) is 25.2 Å². The van der Waals surface area contributed by atoms with Crippen molar-refractivity contribution in [3.05, 3.63) is 48.1 Å². The molecule has 9 heteroatoms. The molecule has 0 unspecified atom stereocenters. The van der Waals surface area contributed by atoms with Gasteiger partial charge in [0.05, 0.1) is 12.2 Å². The van der Waals surface area contributed by atoms with Crippen LogP contribution in [0, 0.1) is 5.82 Å². The van der Waals surface area contributed by atoms with E-state index in [0.29, 0.717) is 0 Å². The van der Waals surface area contributed by atoms with Gasteiger partial charge < -0.3 is 19.6 Å². The number of aliphatic imine (C=N–C) groups is 1. The van der Waals surface area contributed by atoms with E-state index >= 15 is 0 Å². The molecular formula is C23H34FN7O. The minimum absolute atomic E-state index is 0.182. The Morgan fingerprint density at radius 2 is 1.72 bits per heavy atom. The largest absolute Gasteiger partial charge is 0.369 e. The molecule has 0 radical (unpaired) electrons. The summed E-state index contributed by atoms with van der Waals surface area (Å²) >= 11 is 0. The van der Waals surface area contributed by atoms with Gasteiger partial charge in [-0.3, -0.25) is 14.8 Å². The highest BCUT2D eigenvalue weighted by molar-refractivity contribution is 5.80. The van der Waals surface area contributed by atoms with Gasteiger partial charge >= 0.3 is 0 Å². The van der Waals surface area contributed by atoms with Crippen molar-refractivity contribution in [2.24, 2.45) is 4.99 Å². The van der Waals surface area contributed by atoms with Gasteiger partial charge in [0.2, 0.25) is 0 Å². The number of aromatic nitrogens is 1. The number of guanidine groups is 1. The molecule has 174 valence electrons. The molecule has 8 nitrogen and oxygen atoms in total. The second-order valence-corrected chi connectivity index (χ2v) is 8.29. The van der Waals surface area contributed by atoms with Crippen molar-refractivity contribution >= 4 is 11.6 Å². The van der Waals surface area contributed by atoms with Gasteiger partial charge in [-0.1, -0.05) is 5.16 Å². The number of anilines is 1. The molecule has 2 saturated heterocycles. The number of nitrogens with one attached hydrogen (secondary N) is 1. The highest BCUT2D eigenvalue weighted by Gasteiger charge is 2.21. The quantitative estimate of drug-likeness (QED) is 0.516. The van der Waals surface area contributed by atoms with Crippen LogP contribution < -0.4 is 10.2 Å². The lowest BCUT2D eigenvalue weighted by molar-refractivity contribution is 0.169. The molecule has 3 heterocycles. The van der Waals surface area contributed by atoms with Gasteiger partial charge in [0.1, 0.15) is 12.1 Å². The topological polar surface area (TPSA) is 63.4 Å². The van der Waals surface area contributed by atoms with Crippen molar-refractivity contribution in [2.45, 2.75) is 13.5 Å². The molecule has 0 amide bonds. The van der Waals surface area contributed by atoms with E-state index < -0.39 is 0 Å². The zero-order chi connectivity index (χ0) is 22.2. The van der Waals surface area contributed by atoms with Crippen LogP contribution in [0.3, 0.4) is 0 Å². The van der Waals surface area contributed by atoms with Gasteiger partial charge in [-0.2, -0.15) is 0 Å². The monoisotopic (exact) mass is 443 g/mol. The van der Waals surface area contributed by atoms with Crippen molar-refractivity contribution in [3.63, 3.8) is 0 Å². The number of halogens is 1. The number of rotatable bonds is 7. The molecule has 32 heavy (non-hydrogen) atoms. The van der Waals surface area contributed by atoms with Crippen LogP contribution in [-0.4, -0.2) is 97.8 Å². The summed E-state index contributed by atoms with van der Waals surface area (Å²) in [6, 6.07) is 8.73. The maximum absolute atomic E-state index is 13.1. The van der Waals surface area contributed by atoms with Gasteiger partial charge in [-0.15, -0.1) is 0 Å². The Hall–Kier alpha value is -2.65.